The zero-order valence-electron chi connectivity index (χ0n) is 7.97. The molecule has 0 spiro atoms. The van der Waals surface area contributed by atoms with Gasteiger partial charge >= 0.3 is 0 Å². The highest BCUT2D eigenvalue weighted by atomic mass is 16.5. The number of hydrogen-bond donors (Lipinski definition) is 1. The number of anilines is 1. The van der Waals surface area contributed by atoms with E-state index in [9.17, 15) is 0 Å². The van der Waals surface area contributed by atoms with Crippen LogP contribution >= 0.6 is 0 Å². The van der Waals surface area contributed by atoms with Gasteiger partial charge in [-0.2, -0.15) is 0 Å². The number of fused-ring (bicyclic) bond motifs is 1. The summed E-state index contributed by atoms with van der Waals surface area (Å²) >= 11 is 0. The number of hydrogen-bond acceptors (Lipinski definition) is 4. The largest absolute Gasteiger partial charge is 0.383 e. The molecule has 0 aromatic carbocycles. The molecule has 5 nitrogen and oxygen atoms in total. The lowest BCUT2D eigenvalue weighted by atomic mass is 10.4. The third kappa shape index (κ3) is 1.42. The molecule has 2 N–H and O–H groups in total. The smallest absolute Gasteiger partial charge is 0.201 e. The van der Waals surface area contributed by atoms with E-state index in [1.807, 2.05) is 10.6 Å². The van der Waals surface area contributed by atoms with E-state index in [1.165, 1.54) is 0 Å². The lowest BCUT2D eigenvalue weighted by Crippen LogP contribution is -2.07. The molecule has 0 fully saturated rings. The summed E-state index contributed by atoms with van der Waals surface area (Å²) in [6.45, 7) is 1.33. The highest BCUT2D eigenvalue weighted by Gasteiger charge is 2.06. The van der Waals surface area contributed by atoms with Gasteiger partial charge in [-0.05, 0) is 6.07 Å². The standard InChI is InChI=1S/C9H12N4O/c1-14-5-4-13-8-2-3-11-6-7(8)12-9(13)10/h2-3,6H,4-5H2,1H3,(H2,10,12). The second kappa shape index (κ2) is 3.63. The van der Waals surface area contributed by atoms with Crippen LogP contribution in [-0.2, 0) is 11.3 Å². The fourth-order valence-corrected chi connectivity index (χ4v) is 1.42. The zero-order chi connectivity index (χ0) is 9.97. The van der Waals surface area contributed by atoms with Gasteiger partial charge in [0.1, 0.15) is 5.52 Å². The molecule has 0 radical (unpaired) electrons. The van der Waals surface area contributed by atoms with Crippen LogP contribution in [0.25, 0.3) is 11.0 Å². The summed E-state index contributed by atoms with van der Waals surface area (Å²) in [6, 6.07) is 1.90. The van der Waals surface area contributed by atoms with Crippen LogP contribution in [0.4, 0.5) is 5.95 Å². The molecule has 2 rings (SSSR count). The maximum Gasteiger partial charge on any atom is 0.201 e. The molecule has 0 amide bonds. The van der Waals surface area contributed by atoms with Gasteiger partial charge in [0.2, 0.25) is 5.95 Å². The Bertz CT molecular complexity index is 437. The Morgan fingerprint density at radius 3 is 3.21 bits per heavy atom. The van der Waals surface area contributed by atoms with Crippen LogP contribution < -0.4 is 5.73 Å². The van der Waals surface area contributed by atoms with Gasteiger partial charge in [-0.15, -0.1) is 0 Å². The second-order valence-electron chi connectivity index (χ2n) is 2.98. The van der Waals surface area contributed by atoms with Crippen LogP contribution in [0.2, 0.25) is 0 Å². The van der Waals surface area contributed by atoms with Gasteiger partial charge in [0.25, 0.3) is 0 Å². The number of nitrogen functional groups attached to an aromatic ring is 1. The molecule has 0 aliphatic rings. The molecular formula is C9H12N4O. The molecule has 2 heterocycles. The monoisotopic (exact) mass is 192 g/mol. The molecular weight excluding hydrogens is 180 g/mol. The molecule has 0 saturated carbocycles. The maximum atomic E-state index is 5.76. The van der Waals surface area contributed by atoms with Crippen molar-refractivity contribution in [3.63, 3.8) is 0 Å². The number of pyridine rings is 1. The predicted octanol–water partition coefficient (Wildman–Crippen LogP) is 0.660. The molecule has 0 bridgehead atoms. The quantitative estimate of drug-likeness (QED) is 0.775. The van der Waals surface area contributed by atoms with Crippen molar-refractivity contribution in [3.8, 4) is 0 Å². The average molecular weight is 192 g/mol. The van der Waals surface area contributed by atoms with Crippen molar-refractivity contribution < 1.29 is 4.74 Å². The SMILES string of the molecule is COCCn1c(N)nc2cnccc21. The number of nitrogens with two attached hydrogens (primary N) is 1. The first-order valence-electron chi connectivity index (χ1n) is 4.37. The third-order valence-corrected chi connectivity index (χ3v) is 2.10. The summed E-state index contributed by atoms with van der Waals surface area (Å²) in [7, 11) is 1.66. The van der Waals surface area contributed by atoms with Crippen molar-refractivity contribution in [2.75, 3.05) is 19.5 Å². The van der Waals surface area contributed by atoms with E-state index in [2.05, 4.69) is 9.97 Å². The summed E-state index contributed by atoms with van der Waals surface area (Å²) < 4.78 is 6.92. The van der Waals surface area contributed by atoms with Gasteiger partial charge in [0, 0.05) is 19.9 Å². The molecule has 14 heavy (non-hydrogen) atoms. The van der Waals surface area contributed by atoms with E-state index in [4.69, 9.17) is 10.5 Å². The second-order valence-corrected chi connectivity index (χ2v) is 2.98. The highest BCUT2D eigenvalue weighted by molar-refractivity contribution is 5.76. The number of rotatable bonds is 3. The fourth-order valence-electron chi connectivity index (χ4n) is 1.42. The van der Waals surface area contributed by atoms with E-state index in [0.29, 0.717) is 19.1 Å². The first kappa shape index (κ1) is 8.96. The van der Waals surface area contributed by atoms with Crippen LogP contribution in [0, 0.1) is 0 Å². The van der Waals surface area contributed by atoms with Crippen LogP contribution in [0.1, 0.15) is 0 Å². The van der Waals surface area contributed by atoms with Crippen LogP contribution in [-0.4, -0.2) is 28.3 Å². The minimum Gasteiger partial charge on any atom is -0.383 e. The van der Waals surface area contributed by atoms with E-state index in [-0.39, 0.29) is 0 Å². The molecule has 74 valence electrons. The molecule has 0 aliphatic carbocycles. The van der Waals surface area contributed by atoms with Crippen molar-refractivity contribution in [2.24, 2.45) is 0 Å². The maximum absolute atomic E-state index is 5.76. The summed E-state index contributed by atoms with van der Waals surface area (Å²) in [5, 5.41) is 0. The molecule has 5 heteroatoms. The van der Waals surface area contributed by atoms with Crippen LogP contribution in [0.5, 0.6) is 0 Å². The molecule has 0 saturated heterocycles. The summed E-state index contributed by atoms with van der Waals surface area (Å²) in [4.78, 5) is 8.17. The van der Waals surface area contributed by atoms with Crippen molar-refractivity contribution in [3.05, 3.63) is 18.5 Å². The highest BCUT2D eigenvalue weighted by Crippen LogP contribution is 2.15. The van der Waals surface area contributed by atoms with Crippen LogP contribution in [0.3, 0.4) is 0 Å². The Hall–Kier alpha value is -1.62. The lowest BCUT2D eigenvalue weighted by Gasteiger charge is -2.04. The molecule has 0 aliphatic heterocycles. The lowest BCUT2D eigenvalue weighted by molar-refractivity contribution is 0.189. The number of methoxy groups -OCH3 is 1. The van der Waals surface area contributed by atoms with Crippen molar-refractivity contribution in [1.82, 2.24) is 14.5 Å². The van der Waals surface area contributed by atoms with Gasteiger partial charge in [0.15, 0.2) is 0 Å². The number of aromatic nitrogens is 3. The van der Waals surface area contributed by atoms with Crippen molar-refractivity contribution in [2.45, 2.75) is 6.54 Å². The molecule has 2 aromatic heterocycles. The summed E-state index contributed by atoms with van der Waals surface area (Å²) in [6.07, 6.45) is 3.43. The Morgan fingerprint density at radius 2 is 2.43 bits per heavy atom. The normalized spacial score (nSPS) is 10.9. The van der Waals surface area contributed by atoms with E-state index in [0.717, 1.165) is 11.0 Å². The number of ether oxygens (including phenoxy) is 1. The molecule has 2 aromatic rings. The summed E-state index contributed by atoms with van der Waals surface area (Å²) in [5.74, 6) is 0.505. The fraction of sp³-hybridized carbons (Fsp3) is 0.333. The number of imidazole rings is 1. The Kier molecular flexibility index (Phi) is 2.32. The predicted molar refractivity (Wildman–Crippen MR) is 53.8 cm³/mol. The Balaban J connectivity index is 2.45. The van der Waals surface area contributed by atoms with Crippen LogP contribution in [0.15, 0.2) is 18.5 Å². The van der Waals surface area contributed by atoms with Gasteiger partial charge in [-0.25, -0.2) is 4.98 Å². The molecule has 0 unspecified atom stereocenters. The first-order valence-corrected chi connectivity index (χ1v) is 4.37. The topological polar surface area (TPSA) is 66.0 Å². The minimum atomic E-state index is 0.505. The van der Waals surface area contributed by atoms with Crippen molar-refractivity contribution >= 4 is 17.0 Å². The number of nitrogens with zero attached hydrogens (tertiary/aromatic N) is 3. The van der Waals surface area contributed by atoms with E-state index >= 15 is 0 Å². The van der Waals surface area contributed by atoms with E-state index in [1.54, 1.807) is 19.5 Å². The van der Waals surface area contributed by atoms with Gasteiger partial charge in [0.05, 0.1) is 18.3 Å². The van der Waals surface area contributed by atoms with E-state index < -0.39 is 0 Å². The third-order valence-electron chi connectivity index (χ3n) is 2.10. The minimum absolute atomic E-state index is 0.505. The van der Waals surface area contributed by atoms with Crippen molar-refractivity contribution in [1.29, 1.82) is 0 Å². The first-order chi connectivity index (χ1) is 6.83. The Labute approximate surface area is 81.5 Å². The van der Waals surface area contributed by atoms with Gasteiger partial charge in [-0.3, -0.25) is 4.98 Å². The Morgan fingerprint density at radius 1 is 1.57 bits per heavy atom. The van der Waals surface area contributed by atoms with Gasteiger partial charge < -0.3 is 15.0 Å². The average Bonchev–Trinajstić information content (AvgIpc) is 2.51. The zero-order valence-corrected chi connectivity index (χ0v) is 7.97. The molecule has 0 atom stereocenters. The summed E-state index contributed by atoms with van der Waals surface area (Å²) in [5.41, 5.74) is 7.58. The van der Waals surface area contributed by atoms with Gasteiger partial charge in [-0.1, -0.05) is 0 Å².